The molecule has 0 radical (unpaired) electrons. The molecule has 2 aromatic rings. The van der Waals surface area contributed by atoms with E-state index in [9.17, 15) is 9.59 Å². The SMILES string of the molecule is COC(=O)C(c1ccccc1Cl)N1CCN(C(C)C(=O)Nc2ccc(C)cc2C)CC1. The summed E-state index contributed by atoms with van der Waals surface area (Å²) in [5.41, 5.74) is 3.79. The Morgan fingerprint density at radius 1 is 1.03 bits per heavy atom. The molecule has 0 bridgehead atoms. The number of nitrogens with one attached hydrogen (secondary N) is 1. The van der Waals surface area contributed by atoms with Gasteiger partial charge in [0.25, 0.3) is 0 Å². The van der Waals surface area contributed by atoms with Crippen LogP contribution in [0.25, 0.3) is 0 Å². The fourth-order valence-corrected chi connectivity index (χ4v) is 4.26. The van der Waals surface area contributed by atoms with Gasteiger partial charge in [0.1, 0.15) is 6.04 Å². The van der Waals surface area contributed by atoms with Crippen molar-refractivity contribution in [1.29, 1.82) is 0 Å². The van der Waals surface area contributed by atoms with Crippen molar-refractivity contribution in [3.05, 3.63) is 64.2 Å². The molecule has 166 valence electrons. The first kappa shape index (κ1) is 23.3. The van der Waals surface area contributed by atoms with E-state index in [4.69, 9.17) is 16.3 Å². The Kier molecular flexibility index (Phi) is 7.70. The Hall–Kier alpha value is -2.41. The lowest BCUT2D eigenvalue weighted by molar-refractivity contribution is -0.148. The van der Waals surface area contributed by atoms with Crippen molar-refractivity contribution in [3.8, 4) is 0 Å². The van der Waals surface area contributed by atoms with Crippen molar-refractivity contribution >= 4 is 29.2 Å². The summed E-state index contributed by atoms with van der Waals surface area (Å²) in [5, 5.41) is 3.59. The zero-order valence-corrected chi connectivity index (χ0v) is 19.3. The molecule has 1 aliphatic heterocycles. The molecule has 7 heteroatoms. The number of benzene rings is 2. The summed E-state index contributed by atoms with van der Waals surface area (Å²) in [6, 6.07) is 12.5. The van der Waals surface area contributed by atoms with Gasteiger partial charge in [-0.25, -0.2) is 4.79 Å². The Balaban J connectivity index is 1.65. The van der Waals surface area contributed by atoms with E-state index in [0.717, 1.165) is 16.8 Å². The van der Waals surface area contributed by atoms with Crippen LogP contribution in [0, 0.1) is 13.8 Å². The summed E-state index contributed by atoms with van der Waals surface area (Å²) >= 11 is 6.36. The van der Waals surface area contributed by atoms with Crippen LogP contribution in [0.5, 0.6) is 0 Å². The van der Waals surface area contributed by atoms with Gasteiger partial charge in [-0.2, -0.15) is 0 Å². The van der Waals surface area contributed by atoms with Gasteiger partial charge in [-0.1, -0.05) is 47.5 Å². The highest BCUT2D eigenvalue weighted by atomic mass is 35.5. The number of amides is 1. The van der Waals surface area contributed by atoms with Crippen LogP contribution in [-0.4, -0.2) is 61.0 Å². The van der Waals surface area contributed by atoms with Crippen LogP contribution in [0.2, 0.25) is 5.02 Å². The van der Waals surface area contributed by atoms with Crippen molar-refractivity contribution < 1.29 is 14.3 Å². The van der Waals surface area contributed by atoms with E-state index in [1.807, 2.05) is 51.1 Å². The highest BCUT2D eigenvalue weighted by molar-refractivity contribution is 6.31. The van der Waals surface area contributed by atoms with Gasteiger partial charge in [0, 0.05) is 36.9 Å². The fourth-order valence-electron chi connectivity index (χ4n) is 4.02. The molecule has 1 heterocycles. The fraction of sp³-hybridized carbons (Fsp3) is 0.417. The predicted octanol–water partition coefficient (Wildman–Crippen LogP) is 3.82. The average Bonchev–Trinajstić information content (AvgIpc) is 2.77. The summed E-state index contributed by atoms with van der Waals surface area (Å²) in [6.45, 7) is 8.54. The largest absolute Gasteiger partial charge is 0.468 e. The first-order chi connectivity index (χ1) is 14.8. The smallest absolute Gasteiger partial charge is 0.327 e. The van der Waals surface area contributed by atoms with E-state index in [0.29, 0.717) is 31.2 Å². The molecule has 2 unspecified atom stereocenters. The second-order valence-corrected chi connectivity index (χ2v) is 8.41. The van der Waals surface area contributed by atoms with E-state index in [1.54, 1.807) is 6.07 Å². The van der Waals surface area contributed by atoms with E-state index in [2.05, 4.69) is 21.2 Å². The van der Waals surface area contributed by atoms with Crippen LogP contribution in [0.4, 0.5) is 5.69 Å². The Morgan fingerprint density at radius 3 is 2.29 bits per heavy atom. The highest BCUT2D eigenvalue weighted by Gasteiger charge is 2.34. The topological polar surface area (TPSA) is 61.9 Å². The van der Waals surface area contributed by atoms with Crippen molar-refractivity contribution in [1.82, 2.24) is 9.80 Å². The molecular formula is C24H30ClN3O3. The normalized spacial score (nSPS) is 17.1. The first-order valence-electron chi connectivity index (χ1n) is 10.5. The number of rotatable bonds is 6. The molecule has 3 rings (SSSR count). The molecule has 1 fully saturated rings. The van der Waals surface area contributed by atoms with Gasteiger partial charge in [0.15, 0.2) is 0 Å². The third-order valence-corrected chi connectivity index (χ3v) is 6.25. The summed E-state index contributed by atoms with van der Waals surface area (Å²) in [7, 11) is 1.39. The Morgan fingerprint density at radius 2 is 1.68 bits per heavy atom. The number of halogens is 1. The number of piperazine rings is 1. The van der Waals surface area contributed by atoms with Gasteiger partial charge in [0.05, 0.1) is 13.2 Å². The number of carbonyl (C=O) groups excluding carboxylic acids is 2. The van der Waals surface area contributed by atoms with Crippen LogP contribution < -0.4 is 5.32 Å². The molecule has 1 saturated heterocycles. The first-order valence-corrected chi connectivity index (χ1v) is 10.9. The average molecular weight is 444 g/mol. The number of hydrogen-bond acceptors (Lipinski definition) is 5. The Labute approximate surface area is 189 Å². The minimum atomic E-state index is -0.555. The minimum Gasteiger partial charge on any atom is -0.468 e. The maximum absolute atomic E-state index is 12.8. The molecule has 2 aromatic carbocycles. The summed E-state index contributed by atoms with van der Waals surface area (Å²) < 4.78 is 5.06. The van der Waals surface area contributed by atoms with E-state index >= 15 is 0 Å². The van der Waals surface area contributed by atoms with Crippen molar-refractivity contribution in [2.24, 2.45) is 0 Å². The predicted molar refractivity (Wildman–Crippen MR) is 123 cm³/mol. The third-order valence-electron chi connectivity index (χ3n) is 5.91. The van der Waals surface area contributed by atoms with Gasteiger partial charge in [-0.3, -0.25) is 14.6 Å². The number of esters is 1. The van der Waals surface area contributed by atoms with Crippen molar-refractivity contribution in [3.63, 3.8) is 0 Å². The number of nitrogens with zero attached hydrogens (tertiary/aromatic N) is 2. The van der Waals surface area contributed by atoms with Gasteiger partial charge in [-0.15, -0.1) is 0 Å². The highest BCUT2D eigenvalue weighted by Crippen LogP contribution is 2.29. The number of ether oxygens (including phenoxy) is 1. The second-order valence-electron chi connectivity index (χ2n) is 8.00. The molecule has 0 aromatic heterocycles. The monoisotopic (exact) mass is 443 g/mol. The maximum Gasteiger partial charge on any atom is 0.327 e. The van der Waals surface area contributed by atoms with Gasteiger partial charge in [0.2, 0.25) is 5.91 Å². The Bertz CT molecular complexity index is 941. The molecule has 6 nitrogen and oxygen atoms in total. The minimum absolute atomic E-state index is 0.0315. The molecule has 0 spiro atoms. The van der Waals surface area contributed by atoms with Crippen LogP contribution >= 0.6 is 11.6 Å². The van der Waals surface area contributed by atoms with Crippen LogP contribution in [0.3, 0.4) is 0 Å². The zero-order valence-electron chi connectivity index (χ0n) is 18.5. The van der Waals surface area contributed by atoms with Crippen LogP contribution in [0.15, 0.2) is 42.5 Å². The van der Waals surface area contributed by atoms with Gasteiger partial charge in [-0.05, 0) is 44.0 Å². The van der Waals surface area contributed by atoms with Crippen molar-refractivity contribution in [2.75, 3.05) is 38.6 Å². The zero-order chi connectivity index (χ0) is 22.5. The van der Waals surface area contributed by atoms with Crippen molar-refractivity contribution in [2.45, 2.75) is 32.9 Å². The van der Waals surface area contributed by atoms with E-state index in [-0.39, 0.29) is 17.9 Å². The summed E-state index contributed by atoms with van der Waals surface area (Å²) in [6.07, 6.45) is 0. The van der Waals surface area contributed by atoms with Gasteiger partial charge < -0.3 is 10.1 Å². The third kappa shape index (κ3) is 5.45. The van der Waals surface area contributed by atoms with Gasteiger partial charge >= 0.3 is 5.97 Å². The lowest BCUT2D eigenvalue weighted by atomic mass is 10.0. The number of aryl methyl sites for hydroxylation is 2. The quantitative estimate of drug-likeness (QED) is 0.688. The molecule has 1 N–H and O–H groups in total. The molecule has 0 saturated carbocycles. The number of carbonyl (C=O) groups is 2. The second kappa shape index (κ2) is 10.3. The molecule has 0 aliphatic carbocycles. The van der Waals surface area contributed by atoms with Crippen LogP contribution in [-0.2, 0) is 14.3 Å². The van der Waals surface area contributed by atoms with Crippen LogP contribution in [0.1, 0.15) is 29.7 Å². The number of hydrogen-bond donors (Lipinski definition) is 1. The maximum atomic E-state index is 12.8. The molecule has 31 heavy (non-hydrogen) atoms. The summed E-state index contributed by atoms with van der Waals surface area (Å²) in [5.74, 6) is -0.363. The standard InChI is InChI=1S/C24H30ClN3O3/c1-16-9-10-21(17(2)15-16)26-23(29)18(3)27-11-13-28(14-12-27)22(24(30)31-4)19-7-5-6-8-20(19)25/h5-10,15,18,22H,11-14H2,1-4H3,(H,26,29). The number of methoxy groups -OCH3 is 1. The molecule has 1 aliphatic rings. The summed E-state index contributed by atoms with van der Waals surface area (Å²) in [4.78, 5) is 29.6. The van der Waals surface area contributed by atoms with E-state index < -0.39 is 6.04 Å². The molecule has 2 atom stereocenters. The molecule has 1 amide bonds. The number of anilines is 1. The van der Waals surface area contributed by atoms with E-state index in [1.165, 1.54) is 12.7 Å². The molecular weight excluding hydrogens is 414 g/mol. The lowest BCUT2D eigenvalue weighted by Gasteiger charge is -2.40. The lowest BCUT2D eigenvalue weighted by Crippen LogP contribution is -2.54.